The predicted molar refractivity (Wildman–Crippen MR) is 74.5 cm³/mol. The quantitative estimate of drug-likeness (QED) is 0.834. The smallest absolute Gasteiger partial charge is 0.332 e. The monoisotopic (exact) mass is 279 g/mol. The maximum absolute atomic E-state index is 12.4. The van der Waals surface area contributed by atoms with Crippen LogP contribution in [0.3, 0.4) is 0 Å². The van der Waals surface area contributed by atoms with Gasteiger partial charge in [0.15, 0.2) is 5.82 Å². The Kier molecular flexibility index (Phi) is 3.58. The van der Waals surface area contributed by atoms with Crippen molar-refractivity contribution < 1.29 is 14.1 Å². The Morgan fingerprint density at radius 3 is 2.45 bits per heavy atom. The van der Waals surface area contributed by atoms with Gasteiger partial charge < -0.3 is 9.42 Å². The van der Waals surface area contributed by atoms with E-state index in [1.54, 1.807) is 11.0 Å². The van der Waals surface area contributed by atoms with Crippen LogP contribution in [0.2, 0.25) is 0 Å². The maximum atomic E-state index is 12.4. The van der Waals surface area contributed by atoms with Crippen molar-refractivity contribution in [2.45, 2.75) is 52.5 Å². The molecule has 0 atom stereocenters. The molecule has 1 aromatic rings. The fraction of sp³-hybridized carbons (Fsp3) is 0.643. The summed E-state index contributed by atoms with van der Waals surface area (Å²) in [5.41, 5.74) is -0.217. The van der Waals surface area contributed by atoms with Crippen LogP contribution in [0.25, 0.3) is 0 Å². The van der Waals surface area contributed by atoms with Gasteiger partial charge in [-0.3, -0.25) is 4.79 Å². The van der Waals surface area contributed by atoms with Gasteiger partial charge in [-0.25, -0.2) is 9.69 Å². The Bertz CT molecular complexity index is 528. The molecular weight excluding hydrogens is 258 g/mol. The van der Waals surface area contributed by atoms with Gasteiger partial charge in [0, 0.05) is 30.5 Å². The lowest BCUT2D eigenvalue weighted by molar-refractivity contribution is -0.119. The van der Waals surface area contributed by atoms with E-state index in [0.717, 1.165) is 4.90 Å². The summed E-state index contributed by atoms with van der Waals surface area (Å²) in [6.07, 6.45) is 0.307. The molecular formula is C14H21N3O3. The molecule has 1 saturated heterocycles. The van der Waals surface area contributed by atoms with Crippen LogP contribution in [0.5, 0.6) is 0 Å². The van der Waals surface area contributed by atoms with Crippen molar-refractivity contribution in [3.05, 3.63) is 11.8 Å². The summed E-state index contributed by atoms with van der Waals surface area (Å²) in [6.45, 7) is 10.3. The van der Waals surface area contributed by atoms with Crippen LogP contribution in [0.1, 0.15) is 46.8 Å². The highest BCUT2D eigenvalue weighted by Gasteiger charge is 2.36. The zero-order valence-electron chi connectivity index (χ0n) is 12.6. The highest BCUT2D eigenvalue weighted by molar-refractivity contribution is 6.15. The topological polar surface area (TPSA) is 66.7 Å². The van der Waals surface area contributed by atoms with Crippen molar-refractivity contribution in [1.29, 1.82) is 0 Å². The summed E-state index contributed by atoms with van der Waals surface area (Å²) < 4.78 is 5.26. The molecule has 0 unspecified atom stereocenters. The van der Waals surface area contributed by atoms with Crippen LogP contribution in [0.15, 0.2) is 10.6 Å². The number of aromatic nitrogens is 1. The number of hydrogen-bond donors (Lipinski definition) is 0. The molecule has 0 spiro atoms. The van der Waals surface area contributed by atoms with Gasteiger partial charge in [0.2, 0.25) is 5.91 Å². The van der Waals surface area contributed by atoms with Gasteiger partial charge >= 0.3 is 6.03 Å². The molecule has 6 heteroatoms. The summed E-state index contributed by atoms with van der Waals surface area (Å²) in [5.74, 6) is 0.686. The van der Waals surface area contributed by atoms with E-state index >= 15 is 0 Å². The van der Waals surface area contributed by atoms with Gasteiger partial charge in [0.05, 0.1) is 0 Å². The van der Waals surface area contributed by atoms with E-state index in [-0.39, 0.29) is 29.2 Å². The molecule has 0 bridgehead atoms. The SMILES string of the molecule is CC(C)N1CCC(=O)N(c2cc(C(C)(C)C)on2)C1=O. The standard InChI is InChI=1S/C14H21N3O3/c1-9(2)16-7-6-12(18)17(13(16)19)11-8-10(20-15-11)14(3,4)5/h8-9H,6-7H2,1-5H3. The molecule has 0 N–H and O–H groups in total. The van der Waals surface area contributed by atoms with Crippen LogP contribution in [0.4, 0.5) is 10.6 Å². The minimum absolute atomic E-state index is 0.0482. The zero-order valence-corrected chi connectivity index (χ0v) is 12.6. The molecule has 1 aliphatic rings. The average molecular weight is 279 g/mol. The summed E-state index contributed by atoms with van der Waals surface area (Å²) in [4.78, 5) is 27.2. The molecule has 1 fully saturated rings. The third-order valence-electron chi connectivity index (χ3n) is 3.34. The third kappa shape index (κ3) is 2.55. The van der Waals surface area contributed by atoms with Gasteiger partial charge in [-0.1, -0.05) is 25.9 Å². The van der Waals surface area contributed by atoms with Crippen molar-refractivity contribution >= 4 is 17.8 Å². The molecule has 2 heterocycles. The number of carbonyl (C=O) groups is 2. The van der Waals surface area contributed by atoms with Crippen LogP contribution < -0.4 is 4.90 Å². The van der Waals surface area contributed by atoms with E-state index < -0.39 is 0 Å². The number of hydrogen-bond acceptors (Lipinski definition) is 4. The number of urea groups is 1. The lowest BCUT2D eigenvalue weighted by Gasteiger charge is -2.35. The zero-order chi connectivity index (χ0) is 15.1. The normalized spacial score (nSPS) is 17.3. The number of amides is 3. The second-order valence-electron chi connectivity index (χ2n) is 6.35. The minimum Gasteiger partial charge on any atom is -0.359 e. The Morgan fingerprint density at radius 2 is 1.95 bits per heavy atom. The molecule has 0 aliphatic carbocycles. The minimum atomic E-state index is -0.329. The second kappa shape index (κ2) is 4.92. The van der Waals surface area contributed by atoms with Crippen molar-refractivity contribution in [3.63, 3.8) is 0 Å². The summed E-state index contributed by atoms with van der Waals surface area (Å²) in [6, 6.07) is 1.39. The van der Waals surface area contributed by atoms with Crippen molar-refractivity contribution in [1.82, 2.24) is 10.1 Å². The van der Waals surface area contributed by atoms with Gasteiger partial charge in [-0.05, 0) is 13.8 Å². The molecule has 1 aliphatic heterocycles. The summed E-state index contributed by atoms with van der Waals surface area (Å²) >= 11 is 0. The molecule has 1 aromatic heterocycles. The molecule has 3 amide bonds. The maximum Gasteiger partial charge on any atom is 0.332 e. The summed E-state index contributed by atoms with van der Waals surface area (Å²) in [5, 5.41) is 3.88. The van der Waals surface area contributed by atoms with E-state index in [2.05, 4.69) is 5.16 Å². The fourth-order valence-electron chi connectivity index (χ4n) is 2.09. The molecule has 0 radical (unpaired) electrons. The molecule has 20 heavy (non-hydrogen) atoms. The highest BCUT2D eigenvalue weighted by atomic mass is 16.5. The number of nitrogens with zero attached hydrogens (tertiary/aromatic N) is 3. The first-order valence-electron chi connectivity index (χ1n) is 6.82. The van der Waals surface area contributed by atoms with Gasteiger partial charge in [0.1, 0.15) is 5.76 Å². The predicted octanol–water partition coefficient (Wildman–Crippen LogP) is 2.54. The number of imide groups is 1. The van der Waals surface area contributed by atoms with Crippen molar-refractivity contribution in [3.8, 4) is 0 Å². The second-order valence-corrected chi connectivity index (χ2v) is 6.35. The average Bonchev–Trinajstić information content (AvgIpc) is 2.77. The molecule has 0 saturated carbocycles. The molecule has 2 rings (SSSR count). The summed E-state index contributed by atoms with van der Waals surface area (Å²) in [7, 11) is 0. The van der Waals surface area contributed by atoms with E-state index in [1.807, 2.05) is 34.6 Å². The number of carbonyl (C=O) groups excluding carboxylic acids is 2. The first-order chi connectivity index (χ1) is 9.21. The van der Waals surface area contributed by atoms with Crippen molar-refractivity contribution in [2.24, 2.45) is 0 Å². The van der Waals surface area contributed by atoms with E-state index in [4.69, 9.17) is 4.52 Å². The van der Waals surface area contributed by atoms with Crippen LogP contribution >= 0.6 is 0 Å². The Labute approximate surface area is 118 Å². The highest BCUT2D eigenvalue weighted by Crippen LogP contribution is 2.28. The van der Waals surface area contributed by atoms with Crippen LogP contribution in [-0.2, 0) is 10.2 Å². The molecule has 6 nitrogen and oxygen atoms in total. The third-order valence-corrected chi connectivity index (χ3v) is 3.34. The largest absolute Gasteiger partial charge is 0.359 e. The van der Waals surface area contributed by atoms with Gasteiger partial charge in [-0.15, -0.1) is 0 Å². The fourth-order valence-corrected chi connectivity index (χ4v) is 2.09. The van der Waals surface area contributed by atoms with Crippen LogP contribution in [-0.4, -0.2) is 34.6 Å². The van der Waals surface area contributed by atoms with E-state index in [1.165, 1.54) is 0 Å². The van der Waals surface area contributed by atoms with E-state index in [9.17, 15) is 9.59 Å². The van der Waals surface area contributed by atoms with Gasteiger partial charge in [0.25, 0.3) is 0 Å². The Hall–Kier alpha value is -1.85. The first-order valence-corrected chi connectivity index (χ1v) is 6.82. The Morgan fingerprint density at radius 1 is 1.30 bits per heavy atom. The first kappa shape index (κ1) is 14.6. The lowest BCUT2D eigenvalue weighted by Crippen LogP contribution is -2.54. The number of anilines is 1. The molecule has 110 valence electrons. The molecule has 0 aromatic carbocycles. The number of rotatable bonds is 2. The Balaban J connectivity index is 2.32. The lowest BCUT2D eigenvalue weighted by atomic mass is 9.93. The van der Waals surface area contributed by atoms with Crippen molar-refractivity contribution in [2.75, 3.05) is 11.4 Å². The van der Waals surface area contributed by atoms with E-state index in [0.29, 0.717) is 18.7 Å². The van der Waals surface area contributed by atoms with Crippen LogP contribution in [0, 0.1) is 0 Å². The van der Waals surface area contributed by atoms with Gasteiger partial charge in [-0.2, -0.15) is 0 Å².